The maximum atomic E-state index is 13.5. The largest absolute Gasteiger partial charge is 0.497 e. The molecule has 0 N–H and O–H groups in total. The van der Waals surface area contributed by atoms with Gasteiger partial charge in [-0.3, -0.25) is 4.79 Å². The highest BCUT2D eigenvalue weighted by Gasteiger charge is 2.13. The number of hydrogen-bond donors (Lipinski definition) is 0. The summed E-state index contributed by atoms with van der Waals surface area (Å²) in [4.78, 5) is 11.5. The van der Waals surface area contributed by atoms with Crippen LogP contribution in [-0.4, -0.2) is 12.9 Å². The first-order chi connectivity index (χ1) is 10.0. The predicted octanol–water partition coefficient (Wildman–Crippen LogP) is 4.27. The van der Waals surface area contributed by atoms with Crippen LogP contribution in [0.25, 0.3) is 0 Å². The van der Waals surface area contributed by atoms with Gasteiger partial charge in [-0.25, -0.2) is 4.39 Å². The summed E-state index contributed by atoms with van der Waals surface area (Å²) in [5.41, 5.74) is 1.13. The number of ether oxygens (including phenoxy) is 2. The molecular weight excluding hydrogens is 295 g/mol. The Morgan fingerprint density at radius 1 is 1.24 bits per heavy atom. The van der Waals surface area contributed by atoms with Crippen molar-refractivity contribution < 1.29 is 18.7 Å². The van der Waals surface area contributed by atoms with E-state index in [4.69, 9.17) is 21.1 Å². The van der Waals surface area contributed by atoms with E-state index in [2.05, 4.69) is 0 Å². The summed E-state index contributed by atoms with van der Waals surface area (Å²) < 4.78 is 24.1. The Kier molecular flexibility index (Phi) is 4.81. The molecular formula is C16H14ClFO3. The molecule has 2 aromatic rings. The van der Waals surface area contributed by atoms with Gasteiger partial charge in [-0.1, -0.05) is 23.7 Å². The number of rotatable bonds is 5. The number of benzene rings is 2. The van der Waals surface area contributed by atoms with Crippen LogP contribution in [0.15, 0.2) is 36.4 Å². The summed E-state index contributed by atoms with van der Waals surface area (Å²) in [5, 5.41) is -0.100. The first-order valence-corrected chi connectivity index (χ1v) is 6.64. The minimum Gasteiger partial charge on any atom is -0.497 e. The van der Waals surface area contributed by atoms with E-state index in [9.17, 15) is 9.18 Å². The molecule has 0 atom stereocenters. The number of carbonyl (C=O) groups is 1. The smallest absolute Gasteiger partial charge is 0.163 e. The molecule has 0 amide bonds. The van der Waals surface area contributed by atoms with Gasteiger partial charge in [0.1, 0.15) is 23.9 Å². The van der Waals surface area contributed by atoms with Crippen molar-refractivity contribution in [1.29, 1.82) is 0 Å². The summed E-state index contributed by atoms with van der Waals surface area (Å²) in [5.74, 6) is 0.0639. The molecule has 0 spiro atoms. The van der Waals surface area contributed by atoms with E-state index in [0.29, 0.717) is 0 Å². The molecule has 21 heavy (non-hydrogen) atoms. The Hall–Kier alpha value is -2.07. The van der Waals surface area contributed by atoms with Gasteiger partial charge < -0.3 is 9.47 Å². The third-order valence-corrected chi connectivity index (χ3v) is 3.24. The highest BCUT2D eigenvalue weighted by atomic mass is 35.5. The van der Waals surface area contributed by atoms with Gasteiger partial charge in [-0.05, 0) is 30.7 Å². The van der Waals surface area contributed by atoms with Crippen molar-refractivity contribution in [2.75, 3.05) is 7.11 Å². The van der Waals surface area contributed by atoms with E-state index in [-0.39, 0.29) is 28.7 Å². The number of Topliss-reactive ketones (excluding diaryl/α,β-unsaturated/α-hetero) is 1. The van der Waals surface area contributed by atoms with Crippen molar-refractivity contribution in [3.8, 4) is 11.5 Å². The Morgan fingerprint density at radius 2 is 1.90 bits per heavy atom. The molecule has 0 aliphatic rings. The van der Waals surface area contributed by atoms with Crippen molar-refractivity contribution in [1.82, 2.24) is 0 Å². The van der Waals surface area contributed by atoms with Crippen LogP contribution in [0, 0.1) is 5.82 Å². The van der Waals surface area contributed by atoms with Gasteiger partial charge >= 0.3 is 0 Å². The Balaban J connectivity index is 2.18. The third-order valence-electron chi connectivity index (χ3n) is 2.96. The molecule has 0 bridgehead atoms. The maximum absolute atomic E-state index is 13.5. The van der Waals surface area contributed by atoms with Crippen LogP contribution in [0.4, 0.5) is 4.39 Å². The van der Waals surface area contributed by atoms with Gasteiger partial charge in [0, 0.05) is 6.07 Å². The first-order valence-electron chi connectivity index (χ1n) is 6.27. The van der Waals surface area contributed by atoms with Gasteiger partial charge in [0.25, 0.3) is 0 Å². The van der Waals surface area contributed by atoms with Crippen LogP contribution in [0.1, 0.15) is 22.8 Å². The molecule has 5 heteroatoms. The van der Waals surface area contributed by atoms with Crippen molar-refractivity contribution in [3.63, 3.8) is 0 Å². The Morgan fingerprint density at radius 3 is 2.48 bits per heavy atom. The maximum Gasteiger partial charge on any atom is 0.163 e. The summed E-state index contributed by atoms with van der Waals surface area (Å²) in [7, 11) is 1.58. The van der Waals surface area contributed by atoms with E-state index >= 15 is 0 Å². The zero-order chi connectivity index (χ0) is 15.4. The van der Waals surface area contributed by atoms with E-state index < -0.39 is 5.82 Å². The summed E-state index contributed by atoms with van der Waals surface area (Å²) in [6, 6.07) is 9.67. The Bertz CT molecular complexity index is 653. The van der Waals surface area contributed by atoms with Crippen molar-refractivity contribution in [2.45, 2.75) is 13.5 Å². The lowest BCUT2D eigenvalue weighted by atomic mass is 10.1. The monoisotopic (exact) mass is 308 g/mol. The number of methoxy groups -OCH3 is 1. The van der Waals surface area contributed by atoms with E-state index in [0.717, 1.165) is 17.4 Å². The second kappa shape index (κ2) is 6.59. The molecule has 0 aliphatic carbocycles. The third kappa shape index (κ3) is 3.73. The van der Waals surface area contributed by atoms with Crippen molar-refractivity contribution in [2.24, 2.45) is 0 Å². The minimum absolute atomic E-state index is 0.100. The number of halogens is 2. The fourth-order valence-electron chi connectivity index (χ4n) is 1.81. The van der Waals surface area contributed by atoms with Crippen LogP contribution < -0.4 is 9.47 Å². The Labute approximate surface area is 127 Å². The average Bonchev–Trinajstić information content (AvgIpc) is 2.48. The molecule has 0 aliphatic heterocycles. The molecule has 110 valence electrons. The zero-order valence-electron chi connectivity index (χ0n) is 11.7. The molecule has 2 aromatic carbocycles. The van der Waals surface area contributed by atoms with Gasteiger partial charge in [0.2, 0.25) is 0 Å². The normalized spacial score (nSPS) is 10.3. The topological polar surface area (TPSA) is 35.5 Å². The van der Waals surface area contributed by atoms with Crippen LogP contribution in [0.2, 0.25) is 5.02 Å². The lowest BCUT2D eigenvalue weighted by Gasteiger charge is -2.11. The number of carbonyl (C=O) groups excluding carboxylic acids is 1. The van der Waals surface area contributed by atoms with Crippen LogP contribution in [0.5, 0.6) is 11.5 Å². The van der Waals surface area contributed by atoms with E-state index in [1.165, 1.54) is 13.0 Å². The van der Waals surface area contributed by atoms with Gasteiger partial charge in [0.15, 0.2) is 5.78 Å². The molecule has 0 saturated carbocycles. The second-order valence-electron chi connectivity index (χ2n) is 4.46. The highest BCUT2D eigenvalue weighted by molar-refractivity contribution is 6.31. The molecule has 0 aromatic heterocycles. The van der Waals surface area contributed by atoms with E-state index in [1.54, 1.807) is 19.2 Å². The molecule has 2 rings (SSSR count). The molecule has 0 fully saturated rings. The van der Waals surface area contributed by atoms with Gasteiger partial charge in [-0.15, -0.1) is 0 Å². The highest BCUT2D eigenvalue weighted by Crippen LogP contribution is 2.27. The van der Waals surface area contributed by atoms with Gasteiger partial charge in [-0.2, -0.15) is 0 Å². The predicted molar refractivity (Wildman–Crippen MR) is 78.7 cm³/mol. The summed E-state index contributed by atoms with van der Waals surface area (Å²) >= 11 is 5.68. The van der Waals surface area contributed by atoms with E-state index in [1.807, 2.05) is 12.1 Å². The number of ketones is 1. The van der Waals surface area contributed by atoms with Crippen molar-refractivity contribution in [3.05, 3.63) is 58.4 Å². The average molecular weight is 309 g/mol. The standard InChI is InChI=1S/C16H14ClFO3/c1-10(19)13-7-14(17)15(18)8-16(13)21-9-11-3-5-12(20-2)6-4-11/h3-8H,9H2,1-2H3. The molecule has 3 nitrogen and oxygen atoms in total. The lowest BCUT2D eigenvalue weighted by molar-refractivity contribution is 0.101. The lowest BCUT2D eigenvalue weighted by Crippen LogP contribution is -2.03. The molecule has 0 unspecified atom stereocenters. The summed E-state index contributed by atoms with van der Waals surface area (Å²) in [6.07, 6.45) is 0. The fourth-order valence-corrected chi connectivity index (χ4v) is 1.97. The van der Waals surface area contributed by atoms with Crippen LogP contribution in [-0.2, 0) is 6.61 Å². The van der Waals surface area contributed by atoms with Crippen LogP contribution in [0.3, 0.4) is 0 Å². The van der Waals surface area contributed by atoms with Gasteiger partial charge in [0.05, 0.1) is 17.7 Å². The molecule has 0 radical (unpaired) electrons. The fraction of sp³-hybridized carbons (Fsp3) is 0.188. The first kappa shape index (κ1) is 15.3. The molecule has 0 heterocycles. The SMILES string of the molecule is COc1ccc(COc2cc(F)c(Cl)cc2C(C)=O)cc1. The second-order valence-corrected chi connectivity index (χ2v) is 4.86. The zero-order valence-corrected chi connectivity index (χ0v) is 12.4. The number of hydrogen-bond acceptors (Lipinski definition) is 3. The van der Waals surface area contributed by atoms with Crippen molar-refractivity contribution >= 4 is 17.4 Å². The summed E-state index contributed by atoms with van der Waals surface area (Å²) in [6.45, 7) is 1.59. The minimum atomic E-state index is -0.619. The quantitative estimate of drug-likeness (QED) is 0.774. The van der Waals surface area contributed by atoms with Crippen LogP contribution >= 0.6 is 11.6 Å². The molecule has 0 saturated heterocycles.